The van der Waals surface area contributed by atoms with Gasteiger partial charge in [0.05, 0.1) is 0 Å². The largest absolute Gasteiger partial charge is 0.462 e. The Labute approximate surface area is 329 Å². The lowest BCUT2D eigenvalue weighted by Crippen LogP contribution is -2.30. The number of hydrogen-bond acceptors (Lipinski definition) is 6. The molecule has 0 heterocycles. The van der Waals surface area contributed by atoms with Gasteiger partial charge in [0.25, 0.3) is 0 Å². The van der Waals surface area contributed by atoms with Gasteiger partial charge in [0.1, 0.15) is 13.2 Å². The van der Waals surface area contributed by atoms with Crippen molar-refractivity contribution in [3.63, 3.8) is 0 Å². The van der Waals surface area contributed by atoms with Crippen molar-refractivity contribution in [1.29, 1.82) is 0 Å². The molecule has 0 fully saturated rings. The summed E-state index contributed by atoms with van der Waals surface area (Å²) in [4.78, 5) is 37.6. The van der Waals surface area contributed by atoms with Gasteiger partial charge >= 0.3 is 17.9 Å². The van der Waals surface area contributed by atoms with Crippen LogP contribution in [0.25, 0.3) is 0 Å². The third-order valence-electron chi connectivity index (χ3n) is 10.5. The minimum Gasteiger partial charge on any atom is -0.462 e. The number of hydrogen-bond donors (Lipinski definition) is 0. The Kier molecular flexibility index (Phi) is 40.3. The number of unbranched alkanes of at least 4 members (excludes halogenated alkanes) is 29. The number of ether oxygens (including phenoxy) is 3. The van der Waals surface area contributed by atoms with E-state index in [1.807, 2.05) is 0 Å². The summed E-state index contributed by atoms with van der Waals surface area (Å²) in [6.45, 7) is 8.94. The Morgan fingerprint density at radius 1 is 0.358 bits per heavy atom. The van der Waals surface area contributed by atoms with Crippen molar-refractivity contribution in [2.75, 3.05) is 13.2 Å². The molecule has 0 spiro atoms. The topological polar surface area (TPSA) is 78.9 Å². The molecule has 0 amide bonds. The van der Waals surface area contributed by atoms with Crippen LogP contribution >= 0.6 is 0 Å². The normalized spacial score (nSPS) is 11.9. The third kappa shape index (κ3) is 41.4. The van der Waals surface area contributed by atoms with E-state index in [1.165, 1.54) is 154 Å². The van der Waals surface area contributed by atoms with Crippen molar-refractivity contribution >= 4 is 17.9 Å². The van der Waals surface area contributed by atoms with Crippen molar-refractivity contribution in [2.24, 2.45) is 5.92 Å². The number of esters is 3. The Morgan fingerprint density at radius 2 is 0.623 bits per heavy atom. The van der Waals surface area contributed by atoms with Crippen LogP contribution in [0.4, 0.5) is 0 Å². The molecule has 0 saturated heterocycles. The highest BCUT2D eigenvalue weighted by Crippen LogP contribution is 2.16. The number of carbonyl (C=O) groups excluding carboxylic acids is 3. The predicted octanol–water partition coefficient (Wildman–Crippen LogP) is 14.7. The molecule has 0 unspecified atom stereocenters. The standard InChI is InChI=1S/C47H90O6/c1-5-7-9-11-13-14-15-16-17-18-19-20-23-27-31-35-39-46(49)52-42-44(41-51-45(48)38-34-30-25-12-10-8-6-2)53-47(50)40-36-32-28-24-21-22-26-29-33-37-43(3)4/h43-44H,5-42H2,1-4H3/t44-/m1/s1. The fourth-order valence-electron chi connectivity index (χ4n) is 6.98. The first-order valence-electron chi connectivity index (χ1n) is 23.4. The first-order chi connectivity index (χ1) is 25.9. The molecule has 0 aromatic rings. The minimum absolute atomic E-state index is 0.0642. The first-order valence-corrected chi connectivity index (χ1v) is 23.4. The average Bonchev–Trinajstić information content (AvgIpc) is 3.14. The van der Waals surface area contributed by atoms with Gasteiger partial charge < -0.3 is 14.2 Å². The van der Waals surface area contributed by atoms with E-state index in [-0.39, 0.29) is 31.1 Å². The van der Waals surface area contributed by atoms with E-state index >= 15 is 0 Å². The van der Waals surface area contributed by atoms with E-state index < -0.39 is 6.10 Å². The van der Waals surface area contributed by atoms with Gasteiger partial charge in [-0.3, -0.25) is 14.4 Å². The monoisotopic (exact) mass is 751 g/mol. The molecule has 0 rings (SSSR count). The molecule has 6 nitrogen and oxygen atoms in total. The van der Waals surface area contributed by atoms with E-state index in [0.717, 1.165) is 63.7 Å². The average molecular weight is 751 g/mol. The number of rotatable bonds is 42. The summed E-state index contributed by atoms with van der Waals surface area (Å²) in [5.74, 6) is -0.0537. The second-order valence-electron chi connectivity index (χ2n) is 16.5. The van der Waals surface area contributed by atoms with E-state index in [0.29, 0.717) is 19.3 Å². The Balaban J connectivity index is 4.23. The van der Waals surface area contributed by atoms with Gasteiger partial charge in [-0.1, -0.05) is 220 Å². The van der Waals surface area contributed by atoms with Crippen molar-refractivity contribution < 1.29 is 28.6 Å². The molecular formula is C47H90O6. The van der Waals surface area contributed by atoms with Crippen LogP contribution in [-0.2, 0) is 28.6 Å². The lowest BCUT2D eigenvalue weighted by atomic mass is 10.0. The molecule has 0 saturated carbocycles. The molecule has 53 heavy (non-hydrogen) atoms. The molecule has 0 aromatic carbocycles. The SMILES string of the molecule is CCCCCCCCCCCCCCCCCCC(=O)OC[C@@H](COC(=O)CCCCCCCCC)OC(=O)CCCCCCCCCCCC(C)C. The van der Waals surface area contributed by atoms with Crippen LogP contribution in [-0.4, -0.2) is 37.2 Å². The Morgan fingerprint density at radius 3 is 0.925 bits per heavy atom. The van der Waals surface area contributed by atoms with Crippen LogP contribution in [0.5, 0.6) is 0 Å². The van der Waals surface area contributed by atoms with Crippen molar-refractivity contribution in [3.05, 3.63) is 0 Å². The number of carbonyl (C=O) groups is 3. The summed E-state index contributed by atoms with van der Waals surface area (Å²) < 4.78 is 16.7. The molecule has 0 bridgehead atoms. The molecule has 0 radical (unpaired) electrons. The van der Waals surface area contributed by atoms with Gasteiger partial charge in [-0.15, -0.1) is 0 Å². The lowest BCUT2D eigenvalue weighted by Gasteiger charge is -2.18. The summed E-state index contributed by atoms with van der Waals surface area (Å²) in [7, 11) is 0. The zero-order chi connectivity index (χ0) is 38.9. The zero-order valence-corrected chi connectivity index (χ0v) is 36.0. The van der Waals surface area contributed by atoms with Crippen LogP contribution in [0.2, 0.25) is 0 Å². The van der Waals surface area contributed by atoms with E-state index in [9.17, 15) is 14.4 Å². The first kappa shape index (κ1) is 51.4. The maximum Gasteiger partial charge on any atom is 0.306 e. The van der Waals surface area contributed by atoms with Gasteiger partial charge in [-0.25, -0.2) is 0 Å². The Hall–Kier alpha value is -1.59. The van der Waals surface area contributed by atoms with Crippen LogP contribution in [0.15, 0.2) is 0 Å². The predicted molar refractivity (Wildman–Crippen MR) is 224 cm³/mol. The molecule has 0 aliphatic heterocycles. The fourth-order valence-corrected chi connectivity index (χ4v) is 6.98. The molecule has 6 heteroatoms. The highest BCUT2D eigenvalue weighted by Gasteiger charge is 2.19. The highest BCUT2D eigenvalue weighted by atomic mass is 16.6. The molecule has 0 N–H and O–H groups in total. The van der Waals surface area contributed by atoms with Gasteiger partial charge in [0.2, 0.25) is 0 Å². The summed E-state index contributed by atoms with van der Waals surface area (Å²) >= 11 is 0. The summed E-state index contributed by atoms with van der Waals surface area (Å²) in [5, 5.41) is 0. The minimum atomic E-state index is -0.758. The zero-order valence-electron chi connectivity index (χ0n) is 36.0. The van der Waals surface area contributed by atoms with E-state index in [1.54, 1.807) is 0 Å². The van der Waals surface area contributed by atoms with Crippen LogP contribution in [0.1, 0.15) is 259 Å². The van der Waals surface area contributed by atoms with Crippen molar-refractivity contribution in [2.45, 2.75) is 265 Å². The second-order valence-corrected chi connectivity index (χ2v) is 16.5. The summed E-state index contributed by atoms with van der Waals surface area (Å²) in [5.41, 5.74) is 0. The third-order valence-corrected chi connectivity index (χ3v) is 10.5. The summed E-state index contributed by atoms with van der Waals surface area (Å²) in [6, 6.07) is 0. The quantitative estimate of drug-likeness (QED) is 0.0351. The van der Waals surface area contributed by atoms with E-state index in [4.69, 9.17) is 14.2 Å². The van der Waals surface area contributed by atoms with Crippen molar-refractivity contribution in [1.82, 2.24) is 0 Å². The fraction of sp³-hybridized carbons (Fsp3) is 0.936. The Bertz CT molecular complexity index is 796. The molecular weight excluding hydrogens is 661 g/mol. The van der Waals surface area contributed by atoms with Crippen molar-refractivity contribution in [3.8, 4) is 0 Å². The van der Waals surface area contributed by atoms with Crippen LogP contribution in [0.3, 0.4) is 0 Å². The van der Waals surface area contributed by atoms with Gasteiger partial charge in [0, 0.05) is 19.3 Å². The molecule has 1 atom stereocenters. The summed E-state index contributed by atoms with van der Waals surface area (Å²) in [6.07, 6.45) is 41.0. The molecule has 0 aliphatic rings. The van der Waals surface area contributed by atoms with Gasteiger partial charge in [0.15, 0.2) is 6.10 Å². The molecule has 0 aromatic heterocycles. The van der Waals surface area contributed by atoms with Crippen LogP contribution in [0, 0.1) is 5.92 Å². The lowest BCUT2D eigenvalue weighted by molar-refractivity contribution is -0.167. The van der Waals surface area contributed by atoms with Gasteiger partial charge in [-0.2, -0.15) is 0 Å². The smallest absolute Gasteiger partial charge is 0.306 e. The van der Waals surface area contributed by atoms with Crippen LogP contribution < -0.4 is 0 Å². The maximum atomic E-state index is 12.7. The molecule has 0 aliphatic carbocycles. The second kappa shape index (κ2) is 41.6. The van der Waals surface area contributed by atoms with E-state index in [2.05, 4.69) is 27.7 Å². The maximum absolute atomic E-state index is 12.7. The highest BCUT2D eigenvalue weighted by molar-refractivity contribution is 5.71. The van der Waals surface area contributed by atoms with Gasteiger partial charge in [-0.05, 0) is 25.2 Å². The molecule has 314 valence electrons.